The summed E-state index contributed by atoms with van der Waals surface area (Å²) in [6, 6.07) is 6.70. The number of aromatic nitrogens is 2. The van der Waals surface area contributed by atoms with Crippen molar-refractivity contribution in [1.29, 1.82) is 0 Å². The Morgan fingerprint density at radius 1 is 1.25 bits per heavy atom. The summed E-state index contributed by atoms with van der Waals surface area (Å²) >= 11 is 0. The van der Waals surface area contributed by atoms with Crippen LogP contribution in [0.4, 0.5) is 10.7 Å². The summed E-state index contributed by atoms with van der Waals surface area (Å²) in [5.74, 6) is 0.981. The highest BCUT2D eigenvalue weighted by Gasteiger charge is 2.28. The smallest absolute Gasteiger partial charge is 0.410 e. The Hall–Kier alpha value is -2.28. The molecule has 7 heteroatoms. The molecule has 0 aliphatic carbocycles. The minimum absolute atomic E-state index is 0.214. The first-order chi connectivity index (χ1) is 13.3. The number of piperidine rings is 1. The summed E-state index contributed by atoms with van der Waals surface area (Å²) in [7, 11) is 0. The molecule has 1 amide bonds. The Balaban J connectivity index is 1.49. The molecule has 2 aliphatic heterocycles. The number of carbonyl (C=O) groups is 1. The van der Waals surface area contributed by atoms with Gasteiger partial charge in [-0.05, 0) is 63.6 Å². The highest BCUT2D eigenvalue weighted by Crippen LogP contribution is 2.33. The van der Waals surface area contributed by atoms with Gasteiger partial charge in [0.2, 0.25) is 5.95 Å². The Morgan fingerprint density at radius 2 is 2.00 bits per heavy atom. The lowest BCUT2D eigenvalue weighted by atomic mass is 9.89. The first kappa shape index (κ1) is 19.1. The lowest BCUT2D eigenvalue weighted by Crippen LogP contribution is -2.41. The summed E-state index contributed by atoms with van der Waals surface area (Å²) in [5, 5.41) is 0. The summed E-state index contributed by atoms with van der Waals surface area (Å²) in [4.78, 5) is 18.6. The van der Waals surface area contributed by atoms with Crippen LogP contribution in [0.5, 0.6) is 0 Å². The number of nitrogens with two attached hydrogens (primary N) is 1. The molecule has 4 rings (SSSR count). The van der Waals surface area contributed by atoms with E-state index >= 15 is 0 Å². The molecule has 2 fully saturated rings. The van der Waals surface area contributed by atoms with Crippen molar-refractivity contribution in [3.63, 3.8) is 0 Å². The SMILES string of the molecule is CC(C)(C)OC(=O)N1CCC(c2ccc3nc(N)n([C@H]4CCOC4)c3c2)CC1. The quantitative estimate of drug-likeness (QED) is 0.851. The number of imidazole rings is 1. The average molecular weight is 386 g/mol. The van der Waals surface area contributed by atoms with Gasteiger partial charge in [-0.2, -0.15) is 0 Å². The van der Waals surface area contributed by atoms with Gasteiger partial charge in [0, 0.05) is 19.7 Å². The van der Waals surface area contributed by atoms with E-state index in [1.807, 2.05) is 25.7 Å². The van der Waals surface area contributed by atoms with Crippen molar-refractivity contribution in [3.8, 4) is 0 Å². The van der Waals surface area contributed by atoms with Crippen molar-refractivity contribution in [1.82, 2.24) is 14.5 Å². The number of ether oxygens (including phenoxy) is 2. The highest BCUT2D eigenvalue weighted by molar-refractivity contribution is 5.79. The molecule has 152 valence electrons. The zero-order chi connectivity index (χ0) is 19.9. The fraction of sp³-hybridized carbons (Fsp3) is 0.619. The third-order valence-electron chi connectivity index (χ3n) is 5.63. The number of likely N-dealkylation sites (tertiary alicyclic amines) is 1. The van der Waals surface area contributed by atoms with Gasteiger partial charge in [-0.1, -0.05) is 6.07 Å². The minimum Gasteiger partial charge on any atom is -0.444 e. The van der Waals surface area contributed by atoms with Gasteiger partial charge in [0.15, 0.2) is 0 Å². The van der Waals surface area contributed by atoms with Crippen LogP contribution in [0.15, 0.2) is 18.2 Å². The fourth-order valence-corrected chi connectivity index (χ4v) is 4.21. The average Bonchev–Trinajstić information content (AvgIpc) is 3.26. The molecule has 0 bridgehead atoms. The number of hydrogen-bond acceptors (Lipinski definition) is 5. The van der Waals surface area contributed by atoms with Crippen LogP contribution in [-0.4, -0.2) is 52.4 Å². The Labute approximate surface area is 165 Å². The molecule has 2 saturated heterocycles. The van der Waals surface area contributed by atoms with E-state index in [2.05, 4.69) is 27.8 Å². The number of anilines is 1. The lowest BCUT2D eigenvalue weighted by molar-refractivity contribution is 0.0205. The van der Waals surface area contributed by atoms with E-state index in [1.165, 1.54) is 5.56 Å². The van der Waals surface area contributed by atoms with Gasteiger partial charge in [0.05, 0.1) is 23.7 Å². The third-order valence-corrected chi connectivity index (χ3v) is 5.63. The molecule has 0 spiro atoms. The van der Waals surface area contributed by atoms with Gasteiger partial charge < -0.3 is 24.7 Å². The van der Waals surface area contributed by atoms with Crippen molar-refractivity contribution in [2.45, 2.75) is 57.6 Å². The van der Waals surface area contributed by atoms with Crippen molar-refractivity contribution in [2.75, 3.05) is 32.0 Å². The zero-order valence-corrected chi connectivity index (χ0v) is 17.0. The molecule has 1 aromatic heterocycles. The van der Waals surface area contributed by atoms with E-state index in [0.717, 1.165) is 50.0 Å². The maximum Gasteiger partial charge on any atom is 0.410 e. The first-order valence-electron chi connectivity index (χ1n) is 10.1. The standard InChI is InChI=1S/C21H30N4O3/c1-21(2,3)28-20(26)24-9-6-14(7-10-24)15-4-5-17-18(12-15)25(19(22)23-17)16-8-11-27-13-16/h4-5,12,14,16H,6-11,13H2,1-3H3,(H2,22,23)/t16-/m0/s1. The van der Waals surface area contributed by atoms with Crippen molar-refractivity contribution in [3.05, 3.63) is 23.8 Å². The number of amides is 1. The Bertz CT molecular complexity index is 856. The molecule has 7 nitrogen and oxygen atoms in total. The second-order valence-corrected chi connectivity index (χ2v) is 8.85. The maximum absolute atomic E-state index is 12.3. The summed E-state index contributed by atoms with van der Waals surface area (Å²) < 4.78 is 13.2. The fourth-order valence-electron chi connectivity index (χ4n) is 4.21. The molecule has 1 atom stereocenters. The molecule has 0 radical (unpaired) electrons. The van der Waals surface area contributed by atoms with Crippen LogP contribution >= 0.6 is 0 Å². The van der Waals surface area contributed by atoms with Crippen LogP contribution in [0.1, 0.15) is 57.6 Å². The number of benzene rings is 1. The summed E-state index contributed by atoms with van der Waals surface area (Å²) in [6.07, 6.45) is 2.61. The molecule has 0 unspecified atom stereocenters. The second-order valence-electron chi connectivity index (χ2n) is 8.85. The molecule has 3 heterocycles. The molecule has 2 aromatic rings. The molecule has 1 aromatic carbocycles. The molecule has 28 heavy (non-hydrogen) atoms. The van der Waals surface area contributed by atoms with E-state index in [0.29, 0.717) is 18.5 Å². The Kier molecular flexibility index (Phi) is 4.95. The molecular weight excluding hydrogens is 356 g/mol. The zero-order valence-electron chi connectivity index (χ0n) is 17.0. The van der Waals surface area contributed by atoms with Gasteiger partial charge in [0.25, 0.3) is 0 Å². The van der Waals surface area contributed by atoms with Crippen LogP contribution in [0.3, 0.4) is 0 Å². The Morgan fingerprint density at radius 3 is 2.64 bits per heavy atom. The summed E-state index contributed by atoms with van der Waals surface area (Å²) in [5.41, 5.74) is 9.05. The molecule has 0 saturated carbocycles. The molecule has 2 aliphatic rings. The van der Waals surface area contributed by atoms with Crippen LogP contribution in [0.25, 0.3) is 11.0 Å². The van der Waals surface area contributed by atoms with Gasteiger partial charge in [-0.3, -0.25) is 0 Å². The summed E-state index contributed by atoms with van der Waals surface area (Å²) in [6.45, 7) is 8.59. The van der Waals surface area contributed by atoms with Gasteiger partial charge in [-0.15, -0.1) is 0 Å². The predicted octanol–water partition coefficient (Wildman–Crippen LogP) is 3.69. The lowest BCUT2D eigenvalue weighted by Gasteiger charge is -2.33. The van der Waals surface area contributed by atoms with E-state index < -0.39 is 5.60 Å². The number of nitrogens with zero attached hydrogens (tertiary/aromatic N) is 3. The number of rotatable bonds is 2. The monoisotopic (exact) mass is 386 g/mol. The van der Waals surface area contributed by atoms with Gasteiger partial charge in [0.1, 0.15) is 5.60 Å². The van der Waals surface area contributed by atoms with Crippen molar-refractivity contribution >= 4 is 23.1 Å². The van der Waals surface area contributed by atoms with Gasteiger partial charge >= 0.3 is 6.09 Å². The van der Waals surface area contributed by atoms with Crippen LogP contribution in [0.2, 0.25) is 0 Å². The normalized spacial score (nSPS) is 21.4. The third kappa shape index (κ3) is 3.81. The molecular formula is C21H30N4O3. The molecule has 2 N–H and O–H groups in total. The largest absolute Gasteiger partial charge is 0.444 e. The first-order valence-corrected chi connectivity index (χ1v) is 10.1. The second kappa shape index (κ2) is 7.28. The minimum atomic E-state index is -0.457. The number of hydrogen-bond donors (Lipinski definition) is 1. The van der Waals surface area contributed by atoms with Gasteiger partial charge in [-0.25, -0.2) is 9.78 Å². The van der Waals surface area contributed by atoms with E-state index in [9.17, 15) is 4.79 Å². The highest BCUT2D eigenvalue weighted by atomic mass is 16.6. The van der Waals surface area contributed by atoms with E-state index in [1.54, 1.807) is 0 Å². The van der Waals surface area contributed by atoms with Crippen LogP contribution in [0, 0.1) is 0 Å². The number of nitrogen functional groups attached to an aromatic ring is 1. The van der Waals surface area contributed by atoms with E-state index in [4.69, 9.17) is 15.2 Å². The van der Waals surface area contributed by atoms with Crippen LogP contribution < -0.4 is 5.73 Å². The predicted molar refractivity (Wildman–Crippen MR) is 108 cm³/mol. The number of carbonyl (C=O) groups excluding carboxylic acids is 1. The van der Waals surface area contributed by atoms with Crippen molar-refractivity contribution in [2.24, 2.45) is 0 Å². The topological polar surface area (TPSA) is 82.6 Å². The van der Waals surface area contributed by atoms with Crippen molar-refractivity contribution < 1.29 is 14.3 Å². The maximum atomic E-state index is 12.3. The van der Waals surface area contributed by atoms with Crippen LogP contribution in [-0.2, 0) is 9.47 Å². The van der Waals surface area contributed by atoms with E-state index in [-0.39, 0.29) is 12.1 Å². The number of fused-ring (bicyclic) bond motifs is 1.